The van der Waals surface area contributed by atoms with Crippen molar-refractivity contribution in [3.63, 3.8) is 0 Å². The van der Waals surface area contributed by atoms with Crippen LogP contribution in [0.4, 0.5) is 8.78 Å². The molecule has 0 aromatic carbocycles. The zero-order valence-electron chi connectivity index (χ0n) is 4.31. The van der Waals surface area contributed by atoms with Crippen LogP contribution in [-0.4, -0.2) is 11.2 Å². The molecule has 4 nitrogen and oxygen atoms in total. The topological polar surface area (TPSA) is 53.6 Å². The van der Waals surface area contributed by atoms with Crippen molar-refractivity contribution in [1.82, 2.24) is 10.7 Å². The first-order chi connectivity index (χ1) is 4.18. The van der Waals surface area contributed by atoms with Gasteiger partial charge in [-0.15, -0.1) is 10.3 Å². The van der Waals surface area contributed by atoms with Gasteiger partial charge in [0.1, 0.15) is 0 Å². The second kappa shape index (κ2) is 1.98. The third-order valence-electron chi connectivity index (χ3n) is 0.670. The molecule has 6 heteroatoms. The Morgan fingerprint density at radius 2 is 2.33 bits per heavy atom. The molecule has 9 heavy (non-hydrogen) atoms. The Kier molecular flexibility index (Phi) is 1.31. The molecule has 0 spiro atoms. The largest absolute Gasteiger partial charge is 0.242 e. The van der Waals surface area contributed by atoms with E-state index in [4.69, 9.17) is 5.84 Å². The summed E-state index contributed by atoms with van der Waals surface area (Å²) in [6, 6.07) is 0. The molecule has 0 saturated carbocycles. The third kappa shape index (κ3) is 1.36. The standard InChI is InChI=1S/C3H4F2N4/c4-2-1-3(5)8-9(6)7-2/h1,7H,6H2. The molecule has 50 valence electrons. The van der Waals surface area contributed by atoms with Gasteiger partial charge in [-0.05, 0) is 0 Å². The lowest BCUT2D eigenvalue weighted by Crippen LogP contribution is -2.40. The molecule has 0 radical (unpaired) electrons. The average molecular weight is 134 g/mol. The molecule has 1 aliphatic heterocycles. The predicted octanol–water partition coefficient (Wildman–Crippen LogP) is -0.226. The van der Waals surface area contributed by atoms with Crippen LogP contribution in [0.5, 0.6) is 0 Å². The maximum absolute atomic E-state index is 12.0. The van der Waals surface area contributed by atoms with Crippen LogP contribution in [0.2, 0.25) is 0 Å². The number of allylic oxidation sites excluding steroid dienone is 1. The Morgan fingerprint density at radius 1 is 1.67 bits per heavy atom. The van der Waals surface area contributed by atoms with E-state index in [9.17, 15) is 8.78 Å². The number of hydrogen-bond donors (Lipinski definition) is 2. The van der Waals surface area contributed by atoms with Crippen molar-refractivity contribution < 1.29 is 8.78 Å². The fourth-order valence-corrected chi connectivity index (χ4v) is 0.403. The molecule has 1 aliphatic rings. The van der Waals surface area contributed by atoms with Crippen molar-refractivity contribution in [1.29, 1.82) is 0 Å². The second-order valence-corrected chi connectivity index (χ2v) is 1.37. The molecule has 0 unspecified atom stereocenters. The van der Waals surface area contributed by atoms with Gasteiger partial charge < -0.3 is 0 Å². The molecule has 1 rings (SSSR count). The van der Waals surface area contributed by atoms with Crippen molar-refractivity contribution in [2.75, 3.05) is 0 Å². The highest BCUT2D eigenvalue weighted by molar-refractivity contribution is 5.86. The van der Waals surface area contributed by atoms with Crippen LogP contribution in [-0.2, 0) is 0 Å². The first-order valence-electron chi connectivity index (χ1n) is 2.11. The Morgan fingerprint density at radius 3 is 2.78 bits per heavy atom. The van der Waals surface area contributed by atoms with E-state index in [1.54, 1.807) is 0 Å². The number of hydrazine groups is 2. The minimum Gasteiger partial charge on any atom is -0.242 e. The van der Waals surface area contributed by atoms with Crippen molar-refractivity contribution in [3.8, 4) is 0 Å². The predicted molar refractivity (Wildman–Crippen MR) is 26.9 cm³/mol. The molecule has 0 fully saturated rings. The monoisotopic (exact) mass is 134 g/mol. The first kappa shape index (κ1) is 5.96. The van der Waals surface area contributed by atoms with Gasteiger partial charge in [-0.3, -0.25) is 0 Å². The molecule has 0 aromatic heterocycles. The Bertz CT molecular complexity index is 175. The van der Waals surface area contributed by atoms with E-state index < -0.39 is 11.9 Å². The van der Waals surface area contributed by atoms with Crippen LogP contribution in [0.3, 0.4) is 0 Å². The van der Waals surface area contributed by atoms with E-state index in [1.165, 1.54) is 0 Å². The summed E-state index contributed by atoms with van der Waals surface area (Å²) in [6.07, 6.45) is 0.587. The van der Waals surface area contributed by atoms with Crippen LogP contribution in [0.15, 0.2) is 17.1 Å². The van der Waals surface area contributed by atoms with Crippen LogP contribution in [0.1, 0.15) is 0 Å². The van der Waals surface area contributed by atoms with E-state index >= 15 is 0 Å². The lowest BCUT2D eigenvalue weighted by Gasteiger charge is -2.15. The van der Waals surface area contributed by atoms with Gasteiger partial charge in [-0.2, -0.15) is 8.78 Å². The number of hydrogen-bond acceptors (Lipinski definition) is 4. The smallest absolute Gasteiger partial charge is 0.238 e. The van der Waals surface area contributed by atoms with E-state index in [2.05, 4.69) is 5.10 Å². The summed E-state index contributed by atoms with van der Waals surface area (Å²) in [5, 5.41) is 3.42. The molecule has 0 atom stereocenters. The Labute approximate surface area is 49.6 Å². The van der Waals surface area contributed by atoms with Gasteiger partial charge >= 0.3 is 0 Å². The molecule has 3 N–H and O–H groups in total. The number of hydrazone groups is 1. The van der Waals surface area contributed by atoms with Crippen LogP contribution in [0, 0.1) is 0 Å². The second-order valence-electron chi connectivity index (χ2n) is 1.37. The van der Waals surface area contributed by atoms with E-state index in [0.717, 1.165) is 0 Å². The van der Waals surface area contributed by atoms with Gasteiger partial charge in [0.2, 0.25) is 11.9 Å². The summed E-state index contributed by atoms with van der Waals surface area (Å²) in [4.78, 5) is 0. The number of nitrogens with two attached hydrogens (primary N) is 1. The summed E-state index contributed by atoms with van der Waals surface area (Å²) in [6.45, 7) is 0. The van der Waals surface area contributed by atoms with Crippen molar-refractivity contribution in [2.45, 2.75) is 0 Å². The molecule has 0 saturated heterocycles. The number of halogens is 2. The summed E-state index contributed by atoms with van der Waals surface area (Å²) < 4.78 is 23.9. The molecule has 0 aromatic rings. The van der Waals surface area contributed by atoms with Gasteiger partial charge in [0, 0.05) is 6.08 Å². The van der Waals surface area contributed by atoms with E-state index in [-0.39, 0.29) is 0 Å². The van der Waals surface area contributed by atoms with Crippen LogP contribution in [0.25, 0.3) is 0 Å². The minimum absolute atomic E-state index is 0.449. The molecule has 0 aliphatic carbocycles. The number of nitrogens with one attached hydrogen (secondary N) is 1. The third-order valence-corrected chi connectivity index (χ3v) is 0.670. The Hall–Kier alpha value is -1.17. The summed E-state index contributed by atoms with van der Waals surface area (Å²) in [5.41, 5.74) is 1.89. The lowest BCUT2D eigenvalue weighted by atomic mass is 10.6. The molecule has 0 bridgehead atoms. The maximum atomic E-state index is 12.0. The minimum atomic E-state index is -0.964. The van der Waals surface area contributed by atoms with Gasteiger partial charge in [0.25, 0.3) is 0 Å². The highest BCUT2D eigenvalue weighted by Gasteiger charge is 2.07. The molecule has 1 heterocycles. The van der Waals surface area contributed by atoms with Crippen LogP contribution >= 0.6 is 0 Å². The SMILES string of the molecule is NN1N=C(F)C=C(F)N1. The van der Waals surface area contributed by atoms with E-state index in [0.29, 0.717) is 11.3 Å². The highest BCUT2D eigenvalue weighted by atomic mass is 19.1. The lowest BCUT2D eigenvalue weighted by molar-refractivity contribution is 0.195. The summed E-state index contributed by atoms with van der Waals surface area (Å²) >= 11 is 0. The fourth-order valence-electron chi connectivity index (χ4n) is 0.403. The summed E-state index contributed by atoms with van der Waals surface area (Å²) in [7, 11) is 0. The fraction of sp³-hybridized carbons (Fsp3) is 0. The molecular weight excluding hydrogens is 130 g/mol. The average Bonchev–Trinajstić information content (AvgIpc) is 1.59. The molecule has 0 amide bonds. The van der Waals surface area contributed by atoms with Crippen LogP contribution < -0.4 is 11.3 Å². The summed E-state index contributed by atoms with van der Waals surface area (Å²) in [5.74, 6) is 2.99. The first-order valence-corrected chi connectivity index (χ1v) is 2.11. The number of nitrogens with zero attached hydrogens (tertiary/aromatic N) is 2. The van der Waals surface area contributed by atoms with Gasteiger partial charge in [0.05, 0.1) is 0 Å². The zero-order chi connectivity index (χ0) is 6.85. The Balaban J connectivity index is 2.74. The van der Waals surface area contributed by atoms with Gasteiger partial charge in [-0.1, -0.05) is 0 Å². The van der Waals surface area contributed by atoms with Crippen molar-refractivity contribution >= 4 is 5.97 Å². The van der Waals surface area contributed by atoms with E-state index in [1.807, 2.05) is 5.43 Å². The van der Waals surface area contributed by atoms with Gasteiger partial charge in [-0.25, -0.2) is 11.3 Å². The maximum Gasteiger partial charge on any atom is 0.238 e. The normalized spacial score (nSPS) is 18.3. The number of rotatable bonds is 0. The molecular formula is C3H4F2N4. The van der Waals surface area contributed by atoms with Crippen molar-refractivity contribution in [2.24, 2.45) is 10.9 Å². The van der Waals surface area contributed by atoms with Gasteiger partial charge in [0.15, 0.2) is 0 Å². The quantitative estimate of drug-likeness (QED) is 0.355. The zero-order valence-corrected chi connectivity index (χ0v) is 4.31. The van der Waals surface area contributed by atoms with Crippen molar-refractivity contribution in [3.05, 3.63) is 12.0 Å². The highest BCUT2D eigenvalue weighted by Crippen LogP contribution is 1.99.